The quantitative estimate of drug-likeness (QED) is 0.651. The summed E-state index contributed by atoms with van der Waals surface area (Å²) >= 11 is 0. The number of rotatable bonds is 6. The maximum atomic E-state index is 13.0. The molecule has 1 unspecified atom stereocenters. The predicted octanol–water partition coefficient (Wildman–Crippen LogP) is 3.72. The molecule has 1 saturated heterocycles. The van der Waals surface area contributed by atoms with Crippen LogP contribution >= 0.6 is 0 Å². The largest absolute Gasteiger partial charge is 0.497 e. The van der Waals surface area contributed by atoms with Crippen LogP contribution in [-0.2, 0) is 22.4 Å². The van der Waals surface area contributed by atoms with Crippen LogP contribution < -0.4 is 10.1 Å². The Morgan fingerprint density at radius 1 is 1.00 bits per heavy atom. The van der Waals surface area contributed by atoms with E-state index in [1.165, 1.54) is 0 Å². The SMILES string of the molecule is COc1ccc(CC(=O)N2CCNC(=O)C(Cc3ccccc3-c3ccccc3)C2)cc1. The van der Waals surface area contributed by atoms with Crippen LogP contribution in [-0.4, -0.2) is 43.5 Å². The van der Waals surface area contributed by atoms with Crippen molar-refractivity contribution < 1.29 is 14.3 Å². The van der Waals surface area contributed by atoms with E-state index in [1.54, 1.807) is 7.11 Å². The van der Waals surface area contributed by atoms with Crippen LogP contribution in [0.3, 0.4) is 0 Å². The molecular formula is C27H28N2O3. The molecule has 1 aliphatic heterocycles. The summed E-state index contributed by atoms with van der Waals surface area (Å²) in [5.41, 5.74) is 4.31. The van der Waals surface area contributed by atoms with Crippen molar-refractivity contribution in [2.45, 2.75) is 12.8 Å². The van der Waals surface area contributed by atoms with Crippen LogP contribution in [0.25, 0.3) is 11.1 Å². The van der Waals surface area contributed by atoms with Gasteiger partial charge in [0, 0.05) is 19.6 Å². The number of carbonyl (C=O) groups is 2. The lowest BCUT2D eigenvalue weighted by molar-refractivity contribution is -0.131. The fourth-order valence-electron chi connectivity index (χ4n) is 4.18. The van der Waals surface area contributed by atoms with Crippen LogP contribution in [0.4, 0.5) is 0 Å². The third-order valence-corrected chi connectivity index (χ3v) is 5.93. The lowest BCUT2D eigenvalue weighted by atomic mass is 9.91. The summed E-state index contributed by atoms with van der Waals surface area (Å²) < 4.78 is 5.19. The van der Waals surface area contributed by atoms with Gasteiger partial charge in [-0.3, -0.25) is 9.59 Å². The first-order valence-electron chi connectivity index (χ1n) is 11.0. The zero-order valence-corrected chi connectivity index (χ0v) is 18.3. The molecule has 1 aliphatic rings. The number of benzene rings is 3. The van der Waals surface area contributed by atoms with E-state index >= 15 is 0 Å². The molecule has 1 fully saturated rings. The van der Waals surface area contributed by atoms with Crippen molar-refractivity contribution in [3.63, 3.8) is 0 Å². The second-order valence-corrected chi connectivity index (χ2v) is 8.08. The summed E-state index contributed by atoms with van der Waals surface area (Å²) in [5, 5.41) is 2.99. The molecule has 5 heteroatoms. The highest BCUT2D eigenvalue weighted by Crippen LogP contribution is 2.26. The van der Waals surface area contributed by atoms with Crippen molar-refractivity contribution in [2.24, 2.45) is 5.92 Å². The summed E-state index contributed by atoms with van der Waals surface area (Å²) in [6.45, 7) is 1.42. The summed E-state index contributed by atoms with van der Waals surface area (Å²) in [4.78, 5) is 27.6. The smallest absolute Gasteiger partial charge is 0.227 e. The highest BCUT2D eigenvalue weighted by atomic mass is 16.5. The van der Waals surface area contributed by atoms with Crippen molar-refractivity contribution >= 4 is 11.8 Å². The van der Waals surface area contributed by atoms with Crippen molar-refractivity contribution in [1.29, 1.82) is 0 Å². The van der Waals surface area contributed by atoms with Gasteiger partial charge in [-0.15, -0.1) is 0 Å². The topological polar surface area (TPSA) is 58.6 Å². The normalized spacial score (nSPS) is 16.2. The number of methoxy groups -OCH3 is 1. The minimum absolute atomic E-state index is 0.00705. The number of nitrogens with zero attached hydrogens (tertiary/aromatic N) is 1. The van der Waals surface area contributed by atoms with Gasteiger partial charge in [0.25, 0.3) is 0 Å². The zero-order chi connectivity index (χ0) is 22.3. The molecule has 4 rings (SSSR count). The molecule has 3 aromatic rings. The monoisotopic (exact) mass is 428 g/mol. The fraction of sp³-hybridized carbons (Fsp3) is 0.259. The Balaban J connectivity index is 1.49. The molecule has 1 N–H and O–H groups in total. The van der Waals surface area contributed by atoms with Crippen molar-refractivity contribution in [3.8, 4) is 16.9 Å². The molecule has 164 valence electrons. The minimum atomic E-state index is -0.290. The zero-order valence-electron chi connectivity index (χ0n) is 18.3. The molecule has 0 bridgehead atoms. The second kappa shape index (κ2) is 10.1. The van der Waals surface area contributed by atoms with E-state index in [9.17, 15) is 9.59 Å². The molecule has 0 saturated carbocycles. The third kappa shape index (κ3) is 5.17. The van der Waals surface area contributed by atoms with E-state index in [4.69, 9.17) is 4.74 Å². The van der Waals surface area contributed by atoms with Crippen molar-refractivity contribution in [3.05, 3.63) is 90.0 Å². The maximum absolute atomic E-state index is 13.0. The Morgan fingerprint density at radius 3 is 2.47 bits per heavy atom. The van der Waals surface area contributed by atoms with Crippen LogP contribution in [0.2, 0.25) is 0 Å². The Kier molecular flexibility index (Phi) is 6.85. The van der Waals surface area contributed by atoms with Crippen LogP contribution in [0.15, 0.2) is 78.9 Å². The number of nitrogens with one attached hydrogen (secondary N) is 1. The Labute approximate surface area is 189 Å². The van der Waals surface area contributed by atoms with E-state index in [2.05, 4.69) is 29.6 Å². The van der Waals surface area contributed by atoms with Gasteiger partial charge in [0.05, 0.1) is 19.4 Å². The van der Waals surface area contributed by atoms with Gasteiger partial charge >= 0.3 is 0 Å². The van der Waals surface area contributed by atoms with Gasteiger partial charge < -0.3 is 15.0 Å². The first kappa shape index (κ1) is 21.6. The number of ether oxygens (including phenoxy) is 1. The van der Waals surface area contributed by atoms with E-state index in [-0.39, 0.29) is 17.7 Å². The summed E-state index contributed by atoms with van der Waals surface area (Å²) in [7, 11) is 1.62. The number of hydrogen-bond acceptors (Lipinski definition) is 3. The standard InChI is InChI=1S/C27H28N2O3/c1-32-24-13-11-20(12-14-24)17-26(30)29-16-15-28-27(31)23(19-29)18-22-9-5-6-10-25(22)21-7-3-2-4-8-21/h2-14,23H,15-19H2,1H3,(H,28,31). The summed E-state index contributed by atoms with van der Waals surface area (Å²) in [6, 6.07) is 25.9. The molecule has 0 aromatic heterocycles. The van der Waals surface area contributed by atoms with Crippen molar-refractivity contribution in [2.75, 3.05) is 26.7 Å². The Morgan fingerprint density at radius 2 is 1.72 bits per heavy atom. The number of hydrogen-bond donors (Lipinski definition) is 1. The molecule has 5 nitrogen and oxygen atoms in total. The van der Waals surface area contributed by atoms with E-state index < -0.39 is 0 Å². The highest BCUT2D eigenvalue weighted by molar-refractivity contribution is 5.83. The molecular weight excluding hydrogens is 400 g/mol. The van der Waals surface area contributed by atoms with E-state index in [1.807, 2.05) is 59.5 Å². The van der Waals surface area contributed by atoms with E-state index in [0.29, 0.717) is 32.5 Å². The van der Waals surface area contributed by atoms with Gasteiger partial charge in [-0.1, -0.05) is 66.7 Å². The molecule has 0 radical (unpaired) electrons. The summed E-state index contributed by atoms with van der Waals surface area (Å²) in [5.74, 6) is 0.519. The number of amides is 2. The molecule has 3 aromatic carbocycles. The molecule has 2 amide bonds. The average molecular weight is 429 g/mol. The van der Waals surface area contributed by atoms with Gasteiger partial charge in [-0.25, -0.2) is 0 Å². The molecule has 1 atom stereocenters. The Bertz CT molecular complexity index is 1060. The van der Waals surface area contributed by atoms with Gasteiger partial charge in [-0.05, 0) is 40.8 Å². The average Bonchev–Trinajstić information content (AvgIpc) is 3.02. The summed E-state index contributed by atoms with van der Waals surface area (Å²) in [6.07, 6.45) is 0.898. The molecule has 1 heterocycles. The second-order valence-electron chi connectivity index (χ2n) is 8.08. The predicted molar refractivity (Wildman–Crippen MR) is 125 cm³/mol. The molecule has 32 heavy (non-hydrogen) atoms. The van der Waals surface area contributed by atoms with Crippen LogP contribution in [0.5, 0.6) is 5.75 Å². The first-order chi connectivity index (χ1) is 15.6. The van der Waals surface area contributed by atoms with E-state index in [0.717, 1.165) is 28.0 Å². The van der Waals surface area contributed by atoms with Gasteiger partial charge in [0.1, 0.15) is 5.75 Å². The van der Waals surface area contributed by atoms with Gasteiger partial charge in [0.2, 0.25) is 11.8 Å². The van der Waals surface area contributed by atoms with Crippen LogP contribution in [0, 0.1) is 5.92 Å². The van der Waals surface area contributed by atoms with Crippen molar-refractivity contribution in [1.82, 2.24) is 10.2 Å². The third-order valence-electron chi connectivity index (χ3n) is 5.93. The molecule has 0 spiro atoms. The van der Waals surface area contributed by atoms with Gasteiger partial charge in [0.15, 0.2) is 0 Å². The van der Waals surface area contributed by atoms with Crippen LogP contribution in [0.1, 0.15) is 11.1 Å². The minimum Gasteiger partial charge on any atom is -0.497 e. The maximum Gasteiger partial charge on any atom is 0.227 e. The Hall–Kier alpha value is -3.60. The highest BCUT2D eigenvalue weighted by Gasteiger charge is 2.28. The lowest BCUT2D eigenvalue weighted by Crippen LogP contribution is -2.38. The fourth-order valence-corrected chi connectivity index (χ4v) is 4.18. The first-order valence-corrected chi connectivity index (χ1v) is 11.0. The van der Waals surface area contributed by atoms with Gasteiger partial charge in [-0.2, -0.15) is 0 Å². The number of carbonyl (C=O) groups excluding carboxylic acids is 2. The molecule has 0 aliphatic carbocycles. The lowest BCUT2D eigenvalue weighted by Gasteiger charge is -2.24.